The molecule has 0 N–H and O–H groups in total. The lowest BCUT2D eigenvalue weighted by Crippen LogP contribution is -2.02. The molecule has 0 radical (unpaired) electrons. The Morgan fingerprint density at radius 2 is 1.12 bits per heavy atom. The van der Waals surface area contributed by atoms with Gasteiger partial charge in [0, 0.05) is 37.9 Å². The summed E-state index contributed by atoms with van der Waals surface area (Å²) in [6, 6.07) is 44.5. The van der Waals surface area contributed by atoms with E-state index in [-0.39, 0.29) is 0 Å². The van der Waals surface area contributed by atoms with Crippen LogP contribution in [-0.4, -0.2) is 14.8 Å². The number of furan rings is 1. The lowest BCUT2D eigenvalue weighted by atomic mass is 10.0. The fraction of sp³-hybridized carbons (Fsp3) is 0. The molecule has 186 valence electrons. The van der Waals surface area contributed by atoms with Crippen LogP contribution in [-0.2, 0) is 0 Å². The molecule has 40 heavy (non-hydrogen) atoms. The van der Waals surface area contributed by atoms with Crippen LogP contribution in [0, 0.1) is 0 Å². The minimum absolute atomic E-state index is 0.829. The molecule has 0 bridgehead atoms. The Morgan fingerprint density at radius 1 is 0.450 bits per heavy atom. The van der Waals surface area contributed by atoms with Gasteiger partial charge in [0.05, 0.1) is 11.0 Å². The number of rotatable bonds is 2. The Morgan fingerprint density at radius 3 is 2.00 bits per heavy atom. The van der Waals surface area contributed by atoms with Crippen LogP contribution in [0.5, 0.6) is 0 Å². The molecule has 0 saturated heterocycles. The summed E-state index contributed by atoms with van der Waals surface area (Å²) < 4.78 is 8.34. The number of benzene rings is 6. The first-order valence-electron chi connectivity index (χ1n) is 13.4. The second-order valence-electron chi connectivity index (χ2n) is 10.3. The van der Waals surface area contributed by atoms with Gasteiger partial charge in [-0.3, -0.25) is 4.57 Å². The van der Waals surface area contributed by atoms with Crippen molar-refractivity contribution in [3.63, 3.8) is 0 Å². The Kier molecular flexibility index (Phi) is 4.30. The van der Waals surface area contributed by atoms with E-state index in [4.69, 9.17) is 14.6 Å². The average molecular weight is 512 g/mol. The maximum atomic E-state index is 6.07. The lowest BCUT2D eigenvalue weighted by Gasteiger charge is -2.13. The number of para-hydroxylation sites is 2. The van der Waals surface area contributed by atoms with Crippen molar-refractivity contribution in [2.45, 2.75) is 0 Å². The highest BCUT2D eigenvalue weighted by atomic mass is 16.3. The molecule has 0 unspecified atom stereocenters. The van der Waals surface area contributed by atoms with Crippen LogP contribution in [0.4, 0.5) is 0 Å². The summed E-state index contributed by atoms with van der Waals surface area (Å²) >= 11 is 0. The predicted octanol–water partition coefficient (Wildman–Crippen LogP) is 9.45. The zero-order chi connectivity index (χ0) is 26.2. The fourth-order valence-electron chi connectivity index (χ4n) is 6.22. The van der Waals surface area contributed by atoms with Crippen molar-refractivity contribution in [1.82, 2.24) is 14.8 Å². The maximum Gasteiger partial charge on any atom is 0.168 e. The molecule has 0 saturated carbocycles. The molecule has 0 aliphatic rings. The predicted molar refractivity (Wildman–Crippen MR) is 164 cm³/mol. The Bertz CT molecular complexity index is 2450. The van der Waals surface area contributed by atoms with Crippen LogP contribution in [0.1, 0.15) is 0 Å². The van der Waals surface area contributed by atoms with Gasteiger partial charge in [0.1, 0.15) is 16.9 Å². The minimum Gasteiger partial charge on any atom is -0.456 e. The molecular formula is C36H21N3O. The maximum absolute atomic E-state index is 6.07. The van der Waals surface area contributed by atoms with Crippen LogP contribution in [0.15, 0.2) is 132 Å². The summed E-state index contributed by atoms with van der Waals surface area (Å²) in [5.41, 5.74) is 5.88. The van der Waals surface area contributed by atoms with Gasteiger partial charge in [-0.15, -0.1) is 10.2 Å². The van der Waals surface area contributed by atoms with Crippen molar-refractivity contribution in [3.05, 3.63) is 127 Å². The van der Waals surface area contributed by atoms with Crippen molar-refractivity contribution >= 4 is 65.3 Å². The summed E-state index contributed by atoms with van der Waals surface area (Å²) in [5, 5.41) is 18.9. The Balaban J connectivity index is 1.34. The number of hydrogen-bond acceptors (Lipinski definition) is 3. The standard InChI is InChI=1S/C36H21N3O/c1-2-10-23-21-32-29(19-22(23)9-1)25-11-5-7-15-31(25)39(32)36-28-14-4-3-13-27(28)35(37-38-36)24-17-18-34-30(20-24)26-12-6-8-16-33(26)40-34/h1-21H. The molecule has 0 atom stereocenters. The Hall–Kier alpha value is -5.48. The molecule has 9 rings (SSSR count). The van der Waals surface area contributed by atoms with Crippen LogP contribution in [0.3, 0.4) is 0 Å². The van der Waals surface area contributed by atoms with Crippen LogP contribution < -0.4 is 0 Å². The first-order chi connectivity index (χ1) is 19.8. The molecular weight excluding hydrogens is 490 g/mol. The summed E-state index contributed by atoms with van der Waals surface area (Å²) in [7, 11) is 0. The van der Waals surface area contributed by atoms with Gasteiger partial charge < -0.3 is 4.42 Å². The summed E-state index contributed by atoms with van der Waals surface area (Å²) in [6.07, 6.45) is 0. The second kappa shape index (κ2) is 8.01. The van der Waals surface area contributed by atoms with E-state index in [2.05, 4.69) is 108 Å². The molecule has 4 heteroatoms. The molecule has 3 aromatic heterocycles. The molecule has 0 spiro atoms. The minimum atomic E-state index is 0.829. The third-order valence-electron chi connectivity index (χ3n) is 8.07. The van der Waals surface area contributed by atoms with Crippen molar-refractivity contribution in [3.8, 4) is 17.1 Å². The van der Waals surface area contributed by atoms with E-state index in [0.29, 0.717) is 0 Å². The van der Waals surface area contributed by atoms with E-state index in [1.807, 2.05) is 24.3 Å². The SMILES string of the molecule is c1ccc2cc3c(cc2c1)c1ccccc1n3-c1nnc(-c2ccc3oc4ccccc4c3c2)c2ccccc12. The third-order valence-corrected chi connectivity index (χ3v) is 8.07. The monoisotopic (exact) mass is 511 g/mol. The van der Waals surface area contributed by atoms with Gasteiger partial charge in [-0.1, -0.05) is 84.9 Å². The number of nitrogens with zero attached hydrogens (tertiary/aromatic N) is 3. The van der Waals surface area contributed by atoms with Gasteiger partial charge >= 0.3 is 0 Å². The highest BCUT2D eigenvalue weighted by molar-refractivity contribution is 6.15. The average Bonchev–Trinajstić information content (AvgIpc) is 3.54. The van der Waals surface area contributed by atoms with E-state index in [1.54, 1.807) is 0 Å². The van der Waals surface area contributed by atoms with E-state index in [9.17, 15) is 0 Å². The van der Waals surface area contributed by atoms with Gasteiger partial charge in [0.25, 0.3) is 0 Å². The zero-order valence-corrected chi connectivity index (χ0v) is 21.4. The molecule has 9 aromatic rings. The molecule has 0 fully saturated rings. The Labute approximate surface area is 228 Å². The quantitative estimate of drug-likeness (QED) is 0.232. The van der Waals surface area contributed by atoms with Gasteiger partial charge in [-0.2, -0.15) is 0 Å². The number of hydrogen-bond donors (Lipinski definition) is 0. The zero-order valence-electron chi connectivity index (χ0n) is 21.4. The normalized spacial score (nSPS) is 12.0. The van der Waals surface area contributed by atoms with Crippen molar-refractivity contribution in [2.75, 3.05) is 0 Å². The van der Waals surface area contributed by atoms with Gasteiger partial charge in [-0.05, 0) is 53.2 Å². The molecule has 6 aromatic carbocycles. The van der Waals surface area contributed by atoms with Crippen molar-refractivity contribution < 1.29 is 4.42 Å². The number of aromatic nitrogens is 3. The third kappa shape index (κ3) is 2.96. The van der Waals surface area contributed by atoms with Crippen molar-refractivity contribution in [1.29, 1.82) is 0 Å². The van der Waals surface area contributed by atoms with Gasteiger partial charge in [-0.25, -0.2) is 0 Å². The van der Waals surface area contributed by atoms with Crippen LogP contribution >= 0.6 is 0 Å². The topological polar surface area (TPSA) is 43.9 Å². The second-order valence-corrected chi connectivity index (χ2v) is 10.3. The van der Waals surface area contributed by atoms with Crippen molar-refractivity contribution in [2.24, 2.45) is 0 Å². The molecule has 4 nitrogen and oxygen atoms in total. The van der Waals surface area contributed by atoms with Gasteiger partial charge in [0.15, 0.2) is 5.82 Å². The largest absolute Gasteiger partial charge is 0.456 e. The van der Waals surface area contributed by atoms with Crippen LogP contribution in [0.25, 0.3) is 82.4 Å². The molecule has 0 aliphatic heterocycles. The van der Waals surface area contributed by atoms with E-state index in [0.717, 1.165) is 60.8 Å². The fourth-order valence-corrected chi connectivity index (χ4v) is 6.22. The van der Waals surface area contributed by atoms with Gasteiger partial charge in [0.2, 0.25) is 0 Å². The molecule has 0 aliphatic carbocycles. The summed E-state index contributed by atoms with van der Waals surface area (Å²) in [5.74, 6) is 0.829. The molecule has 3 heterocycles. The van der Waals surface area contributed by atoms with E-state index in [1.165, 1.54) is 21.5 Å². The number of fused-ring (bicyclic) bond motifs is 8. The highest BCUT2D eigenvalue weighted by Crippen LogP contribution is 2.38. The first kappa shape index (κ1) is 21.5. The smallest absolute Gasteiger partial charge is 0.168 e. The summed E-state index contributed by atoms with van der Waals surface area (Å²) in [4.78, 5) is 0. The van der Waals surface area contributed by atoms with E-state index >= 15 is 0 Å². The van der Waals surface area contributed by atoms with E-state index < -0.39 is 0 Å². The lowest BCUT2D eigenvalue weighted by molar-refractivity contribution is 0.669. The first-order valence-corrected chi connectivity index (χ1v) is 13.4. The highest BCUT2D eigenvalue weighted by Gasteiger charge is 2.19. The summed E-state index contributed by atoms with van der Waals surface area (Å²) in [6.45, 7) is 0. The molecule has 0 amide bonds. The van der Waals surface area contributed by atoms with Crippen LogP contribution in [0.2, 0.25) is 0 Å².